The minimum absolute atomic E-state index is 0.00979. The Balaban J connectivity index is 1.58. The highest BCUT2D eigenvalue weighted by Gasteiger charge is 2.19. The maximum atomic E-state index is 9.55. The molecular weight excluding hydrogens is 332 g/mol. The minimum atomic E-state index is -0.00979. The third-order valence-corrected chi connectivity index (χ3v) is 4.48. The highest BCUT2D eigenvalue weighted by Crippen LogP contribution is 2.22. The highest BCUT2D eigenvalue weighted by molar-refractivity contribution is 5.37. The third-order valence-electron chi connectivity index (χ3n) is 4.48. The smallest absolute Gasteiger partial charge is 0.228 e. The number of aliphatic hydroxyl groups is 1. The Hall–Kier alpha value is -2.38. The summed E-state index contributed by atoms with van der Waals surface area (Å²) in [5, 5.41) is 9.55. The standard InChI is InChI=1S/C19H26N4O3/c1-3-26-17-5-4-15(12-16(17)14-24)13-22-8-10-23(11-9-22)19-20-7-6-18(21-19)25-2/h4-7,12,24H,3,8-11,13-14H2,1-2H3. The Morgan fingerprint density at radius 1 is 1.15 bits per heavy atom. The average Bonchev–Trinajstić information content (AvgIpc) is 2.70. The van der Waals surface area contributed by atoms with E-state index in [0.717, 1.165) is 44.0 Å². The van der Waals surface area contributed by atoms with Gasteiger partial charge < -0.3 is 19.5 Å². The normalized spacial score (nSPS) is 15.1. The van der Waals surface area contributed by atoms with Crippen molar-refractivity contribution in [3.8, 4) is 11.6 Å². The van der Waals surface area contributed by atoms with Gasteiger partial charge in [0.15, 0.2) is 0 Å². The molecule has 0 spiro atoms. The number of aromatic nitrogens is 2. The van der Waals surface area contributed by atoms with Crippen molar-refractivity contribution in [1.82, 2.24) is 14.9 Å². The molecule has 1 aliphatic rings. The quantitative estimate of drug-likeness (QED) is 0.808. The lowest BCUT2D eigenvalue weighted by Crippen LogP contribution is -2.46. The van der Waals surface area contributed by atoms with Crippen LogP contribution in [0.3, 0.4) is 0 Å². The summed E-state index contributed by atoms with van der Waals surface area (Å²) >= 11 is 0. The van der Waals surface area contributed by atoms with Gasteiger partial charge >= 0.3 is 0 Å². The van der Waals surface area contributed by atoms with Crippen molar-refractivity contribution in [2.24, 2.45) is 0 Å². The fraction of sp³-hybridized carbons (Fsp3) is 0.474. The number of rotatable bonds is 7. The third kappa shape index (κ3) is 4.42. The van der Waals surface area contributed by atoms with E-state index in [4.69, 9.17) is 9.47 Å². The summed E-state index contributed by atoms with van der Waals surface area (Å²) in [6.07, 6.45) is 1.73. The lowest BCUT2D eigenvalue weighted by atomic mass is 10.1. The number of hydrogen-bond acceptors (Lipinski definition) is 7. The van der Waals surface area contributed by atoms with Crippen molar-refractivity contribution in [1.29, 1.82) is 0 Å². The van der Waals surface area contributed by atoms with Crippen molar-refractivity contribution in [2.45, 2.75) is 20.1 Å². The fourth-order valence-corrected chi connectivity index (χ4v) is 3.11. The molecular formula is C19H26N4O3. The van der Waals surface area contributed by atoms with Crippen LogP contribution < -0.4 is 14.4 Å². The first-order valence-corrected chi connectivity index (χ1v) is 8.93. The molecule has 0 atom stereocenters. The second-order valence-corrected chi connectivity index (χ2v) is 6.20. The molecule has 1 aromatic carbocycles. The van der Waals surface area contributed by atoms with Gasteiger partial charge in [-0.25, -0.2) is 4.98 Å². The van der Waals surface area contributed by atoms with Gasteiger partial charge in [-0.3, -0.25) is 4.90 Å². The number of anilines is 1. The summed E-state index contributed by atoms with van der Waals surface area (Å²) in [4.78, 5) is 13.3. The van der Waals surface area contributed by atoms with Crippen molar-refractivity contribution in [2.75, 3.05) is 44.8 Å². The Labute approximate surface area is 154 Å². The molecule has 1 aromatic heterocycles. The van der Waals surface area contributed by atoms with Crippen molar-refractivity contribution in [3.05, 3.63) is 41.6 Å². The molecule has 2 heterocycles. The number of ether oxygens (including phenoxy) is 2. The van der Waals surface area contributed by atoms with E-state index in [2.05, 4.69) is 25.8 Å². The maximum absolute atomic E-state index is 9.55. The Morgan fingerprint density at radius 3 is 2.65 bits per heavy atom. The lowest BCUT2D eigenvalue weighted by Gasteiger charge is -2.34. The largest absolute Gasteiger partial charge is 0.494 e. The number of aliphatic hydroxyl groups excluding tert-OH is 1. The predicted molar refractivity (Wildman–Crippen MR) is 99.6 cm³/mol. The van der Waals surface area contributed by atoms with Crippen molar-refractivity contribution < 1.29 is 14.6 Å². The molecule has 26 heavy (non-hydrogen) atoms. The first-order chi connectivity index (χ1) is 12.7. The minimum Gasteiger partial charge on any atom is -0.494 e. The Morgan fingerprint density at radius 2 is 1.96 bits per heavy atom. The van der Waals surface area contributed by atoms with Crippen LogP contribution in [0.2, 0.25) is 0 Å². The topological polar surface area (TPSA) is 71.0 Å². The Bertz CT molecular complexity index is 718. The summed E-state index contributed by atoms with van der Waals surface area (Å²) < 4.78 is 10.7. The van der Waals surface area contributed by atoms with E-state index in [-0.39, 0.29) is 6.61 Å². The van der Waals surface area contributed by atoms with Crippen LogP contribution in [0, 0.1) is 0 Å². The molecule has 0 bridgehead atoms. The van der Waals surface area contributed by atoms with E-state index in [1.807, 2.05) is 19.1 Å². The van der Waals surface area contributed by atoms with Gasteiger partial charge in [0.05, 0.1) is 20.3 Å². The predicted octanol–water partition coefficient (Wildman–Crippen LogP) is 1.70. The van der Waals surface area contributed by atoms with Crippen LogP contribution in [0.15, 0.2) is 30.5 Å². The van der Waals surface area contributed by atoms with Crippen LogP contribution in [0.25, 0.3) is 0 Å². The fourth-order valence-electron chi connectivity index (χ4n) is 3.11. The molecule has 7 heteroatoms. The van der Waals surface area contributed by atoms with Gasteiger partial charge in [-0.05, 0) is 24.6 Å². The molecule has 1 fully saturated rings. The Kier molecular flexibility index (Phi) is 6.25. The number of nitrogens with zero attached hydrogens (tertiary/aromatic N) is 4. The van der Waals surface area contributed by atoms with E-state index in [1.54, 1.807) is 19.4 Å². The molecule has 3 rings (SSSR count). The second kappa shape index (κ2) is 8.82. The van der Waals surface area contributed by atoms with Crippen LogP contribution >= 0.6 is 0 Å². The number of methoxy groups -OCH3 is 1. The number of hydrogen-bond donors (Lipinski definition) is 1. The first-order valence-electron chi connectivity index (χ1n) is 8.93. The molecule has 1 aliphatic heterocycles. The van der Waals surface area contributed by atoms with Gasteiger partial charge in [-0.2, -0.15) is 4.98 Å². The monoisotopic (exact) mass is 358 g/mol. The van der Waals surface area contributed by atoms with Crippen LogP contribution in [0.1, 0.15) is 18.1 Å². The van der Waals surface area contributed by atoms with Crippen molar-refractivity contribution >= 4 is 5.95 Å². The zero-order chi connectivity index (χ0) is 18.4. The van der Waals surface area contributed by atoms with Gasteiger partial charge in [0.25, 0.3) is 0 Å². The zero-order valence-corrected chi connectivity index (χ0v) is 15.4. The van der Waals surface area contributed by atoms with E-state index in [0.29, 0.717) is 18.4 Å². The first kappa shape index (κ1) is 18.4. The van der Waals surface area contributed by atoms with E-state index < -0.39 is 0 Å². The summed E-state index contributed by atoms with van der Waals surface area (Å²) in [7, 11) is 1.61. The summed E-state index contributed by atoms with van der Waals surface area (Å²) in [6.45, 7) is 7.00. The average molecular weight is 358 g/mol. The molecule has 1 N–H and O–H groups in total. The lowest BCUT2D eigenvalue weighted by molar-refractivity contribution is 0.246. The van der Waals surface area contributed by atoms with Crippen LogP contribution in [0.5, 0.6) is 11.6 Å². The van der Waals surface area contributed by atoms with Crippen LogP contribution in [0.4, 0.5) is 5.95 Å². The summed E-state index contributed by atoms with van der Waals surface area (Å²) in [5.74, 6) is 2.06. The SMILES string of the molecule is CCOc1ccc(CN2CCN(c3nccc(OC)n3)CC2)cc1CO. The van der Waals surface area contributed by atoms with E-state index in [9.17, 15) is 5.11 Å². The molecule has 2 aromatic rings. The van der Waals surface area contributed by atoms with E-state index >= 15 is 0 Å². The summed E-state index contributed by atoms with van der Waals surface area (Å²) in [6, 6.07) is 7.80. The van der Waals surface area contributed by atoms with Crippen molar-refractivity contribution in [3.63, 3.8) is 0 Å². The molecule has 7 nitrogen and oxygen atoms in total. The molecule has 140 valence electrons. The highest BCUT2D eigenvalue weighted by atomic mass is 16.5. The molecule has 0 unspecified atom stereocenters. The molecule has 0 aliphatic carbocycles. The number of piperazine rings is 1. The zero-order valence-electron chi connectivity index (χ0n) is 15.4. The van der Waals surface area contributed by atoms with Gasteiger partial charge in [-0.1, -0.05) is 6.07 Å². The van der Waals surface area contributed by atoms with Gasteiger partial charge in [-0.15, -0.1) is 0 Å². The van der Waals surface area contributed by atoms with Crippen LogP contribution in [-0.2, 0) is 13.2 Å². The molecule has 1 saturated heterocycles. The maximum Gasteiger partial charge on any atom is 0.228 e. The molecule has 0 amide bonds. The molecule has 0 saturated carbocycles. The van der Waals surface area contributed by atoms with Gasteiger partial charge in [0.1, 0.15) is 5.75 Å². The summed E-state index contributed by atoms with van der Waals surface area (Å²) in [5.41, 5.74) is 2.02. The molecule has 0 radical (unpaired) electrons. The van der Waals surface area contributed by atoms with Gasteiger partial charge in [0, 0.05) is 50.6 Å². The second-order valence-electron chi connectivity index (χ2n) is 6.20. The number of benzene rings is 1. The van der Waals surface area contributed by atoms with E-state index in [1.165, 1.54) is 5.56 Å². The van der Waals surface area contributed by atoms with Gasteiger partial charge in [0.2, 0.25) is 11.8 Å². The van der Waals surface area contributed by atoms with Crippen LogP contribution in [-0.4, -0.2) is 59.9 Å².